The van der Waals surface area contributed by atoms with E-state index >= 15 is 0 Å². The van der Waals surface area contributed by atoms with Crippen molar-refractivity contribution in [3.05, 3.63) is 58.4 Å². The number of hydrogen-bond donors (Lipinski definition) is 0. The maximum Gasteiger partial charge on any atom is 0.270 e. The van der Waals surface area contributed by atoms with Gasteiger partial charge in [-0.2, -0.15) is 0 Å². The molecule has 2 aromatic rings. The zero-order valence-corrected chi connectivity index (χ0v) is 16.1. The molecule has 1 aliphatic rings. The minimum atomic E-state index is 0.0610. The Balaban J connectivity index is 1.82. The lowest BCUT2D eigenvalue weighted by atomic mass is 10.1. The molecule has 26 heavy (non-hydrogen) atoms. The van der Waals surface area contributed by atoms with Gasteiger partial charge in [-0.15, -0.1) is 0 Å². The van der Waals surface area contributed by atoms with E-state index in [1.54, 1.807) is 11.8 Å². The minimum absolute atomic E-state index is 0.0610. The topological polar surface area (TPSA) is 45.6 Å². The molecule has 5 heteroatoms. The third-order valence-electron chi connectivity index (χ3n) is 5.17. The molecule has 3 rings (SSSR count). The molecule has 0 unspecified atom stereocenters. The summed E-state index contributed by atoms with van der Waals surface area (Å²) in [6.07, 6.45) is 0. The Kier molecular flexibility index (Phi) is 5.16. The van der Waals surface area contributed by atoms with Crippen LogP contribution < -0.4 is 0 Å². The molecule has 1 aliphatic heterocycles. The molecule has 1 aromatic carbocycles. The smallest absolute Gasteiger partial charge is 0.270 e. The van der Waals surface area contributed by atoms with E-state index in [9.17, 15) is 9.59 Å². The zero-order valence-electron chi connectivity index (χ0n) is 16.1. The number of aromatic nitrogens is 1. The highest BCUT2D eigenvalue weighted by Gasteiger charge is 2.27. The highest BCUT2D eigenvalue weighted by atomic mass is 16.2. The number of carbonyl (C=O) groups excluding carboxylic acids is 2. The number of benzene rings is 1. The van der Waals surface area contributed by atoms with Crippen LogP contribution in [-0.4, -0.2) is 52.4 Å². The fraction of sp³-hybridized carbons (Fsp3) is 0.429. The first-order chi connectivity index (χ1) is 12.4. The SMILES string of the molecule is CC(=O)N1CCN(C(=O)c2c(C)cc(C)n2Cc2ccc(C)cc2)CC1. The van der Waals surface area contributed by atoms with Gasteiger partial charge in [-0.05, 0) is 38.0 Å². The number of hydrogen-bond acceptors (Lipinski definition) is 2. The summed E-state index contributed by atoms with van der Waals surface area (Å²) in [7, 11) is 0. The van der Waals surface area contributed by atoms with Gasteiger partial charge in [0.2, 0.25) is 5.91 Å². The van der Waals surface area contributed by atoms with Gasteiger partial charge in [0.05, 0.1) is 0 Å². The molecule has 138 valence electrons. The monoisotopic (exact) mass is 353 g/mol. The molecule has 5 nitrogen and oxygen atoms in total. The third-order valence-corrected chi connectivity index (χ3v) is 5.17. The molecular weight excluding hydrogens is 326 g/mol. The number of nitrogens with zero attached hydrogens (tertiary/aromatic N) is 3. The quantitative estimate of drug-likeness (QED) is 0.852. The van der Waals surface area contributed by atoms with E-state index in [0.29, 0.717) is 32.7 Å². The molecule has 0 aliphatic carbocycles. The summed E-state index contributed by atoms with van der Waals surface area (Å²) in [5, 5.41) is 0. The number of amides is 2. The Morgan fingerprint density at radius 1 is 0.923 bits per heavy atom. The molecule has 0 spiro atoms. The molecule has 0 radical (unpaired) electrons. The van der Waals surface area contributed by atoms with Crippen LogP contribution in [0.5, 0.6) is 0 Å². The summed E-state index contributed by atoms with van der Waals surface area (Å²) in [4.78, 5) is 28.3. The van der Waals surface area contributed by atoms with Crippen molar-refractivity contribution in [2.75, 3.05) is 26.2 Å². The molecule has 0 N–H and O–H groups in total. The Hall–Kier alpha value is -2.56. The maximum absolute atomic E-state index is 13.2. The summed E-state index contributed by atoms with van der Waals surface area (Å²) in [5.74, 6) is 0.137. The lowest BCUT2D eigenvalue weighted by Crippen LogP contribution is -2.50. The molecule has 0 atom stereocenters. The van der Waals surface area contributed by atoms with Crippen LogP contribution in [0, 0.1) is 20.8 Å². The molecule has 1 aromatic heterocycles. The lowest BCUT2D eigenvalue weighted by Gasteiger charge is -2.34. The van der Waals surface area contributed by atoms with Gasteiger partial charge in [-0.3, -0.25) is 9.59 Å². The number of piperazine rings is 1. The van der Waals surface area contributed by atoms with Crippen molar-refractivity contribution in [1.29, 1.82) is 0 Å². The van der Waals surface area contributed by atoms with E-state index in [-0.39, 0.29) is 11.8 Å². The van der Waals surface area contributed by atoms with Crippen molar-refractivity contribution in [1.82, 2.24) is 14.4 Å². The molecule has 2 amide bonds. The van der Waals surface area contributed by atoms with Crippen molar-refractivity contribution in [2.24, 2.45) is 0 Å². The van der Waals surface area contributed by atoms with Crippen LogP contribution in [0.1, 0.15) is 39.8 Å². The van der Waals surface area contributed by atoms with Crippen molar-refractivity contribution in [2.45, 2.75) is 34.2 Å². The van der Waals surface area contributed by atoms with Crippen molar-refractivity contribution < 1.29 is 9.59 Å². The predicted octanol–water partition coefficient (Wildman–Crippen LogP) is 2.77. The average molecular weight is 353 g/mol. The average Bonchev–Trinajstić information content (AvgIpc) is 2.89. The van der Waals surface area contributed by atoms with E-state index in [0.717, 1.165) is 17.0 Å². The van der Waals surface area contributed by atoms with Crippen molar-refractivity contribution >= 4 is 11.8 Å². The second-order valence-electron chi connectivity index (χ2n) is 7.19. The molecule has 2 heterocycles. The van der Waals surface area contributed by atoms with Crippen LogP contribution in [0.15, 0.2) is 30.3 Å². The van der Waals surface area contributed by atoms with Gasteiger partial charge in [0.1, 0.15) is 5.69 Å². The van der Waals surface area contributed by atoms with Crippen molar-refractivity contribution in [3.63, 3.8) is 0 Å². The fourth-order valence-corrected chi connectivity index (χ4v) is 3.59. The molecule has 0 saturated carbocycles. The molecule has 0 bridgehead atoms. The van der Waals surface area contributed by atoms with Crippen molar-refractivity contribution in [3.8, 4) is 0 Å². The molecular formula is C21H27N3O2. The number of rotatable bonds is 3. The van der Waals surface area contributed by atoms with E-state index in [1.165, 1.54) is 11.1 Å². The summed E-state index contributed by atoms with van der Waals surface area (Å²) in [6, 6.07) is 10.5. The zero-order chi connectivity index (χ0) is 18.8. The van der Waals surface area contributed by atoms with Gasteiger partial charge >= 0.3 is 0 Å². The van der Waals surface area contributed by atoms with E-state index in [4.69, 9.17) is 0 Å². The van der Waals surface area contributed by atoms with Gasteiger partial charge in [0.15, 0.2) is 0 Å². The van der Waals surface area contributed by atoms with Gasteiger partial charge < -0.3 is 14.4 Å². The van der Waals surface area contributed by atoms with E-state index in [2.05, 4.69) is 41.8 Å². The highest BCUT2D eigenvalue weighted by molar-refractivity contribution is 5.94. The van der Waals surface area contributed by atoms with Crippen LogP contribution in [-0.2, 0) is 11.3 Å². The Bertz CT molecular complexity index is 813. The van der Waals surface area contributed by atoms with Crippen LogP contribution in [0.2, 0.25) is 0 Å². The summed E-state index contributed by atoms with van der Waals surface area (Å²) in [5.41, 5.74) is 5.28. The second-order valence-corrected chi connectivity index (χ2v) is 7.19. The largest absolute Gasteiger partial charge is 0.339 e. The van der Waals surface area contributed by atoms with Crippen LogP contribution in [0.4, 0.5) is 0 Å². The minimum Gasteiger partial charge on any atom is -0.339 e. The van der Waals surface area contributed by atoms with Gasteiger partial charge in [0, 0.05) is 45.3 Å². The highest BCUT2D eigenvalue weighted by Crippen LogP contribution is 2.20. The first-order valence-corrected chi connectivity index (χ1v) is 9.14. The fourth-order valence-electron chi connectivity index (χ4n) is 3.59. The van der Waals surface area contributed by atoms with Crippen LogP contribution >= 0.6 is 0 Å². The number of aryl methyl sites for hydroxylation is 3. The second kappa shape index (κ2) is 7.36. The third kappa shape index (κ3) is 3.66. The predicted molar refractivity (Wildman–Crippen MR) is 102 cm³/mol. The van der Waals surface area contributed by atoms with E-state index in [1.807, 2.05) is 18.7 Å². The van der Waals surface area contributed by atoms with E-state index < -0.39 is 0 Å². The number of carbonyl (C=O) groups is 2. The standard InChI is InChI=1S/C21H27N3O2/c1-15-5-7-19(8-6-15)14-24-17(3)13-16(2)20(24)21(26)23-11-9-22(10-12-23)18(4)25/h5-8,13H,9-12,14H2,1-4H3. The summed E-state index contributed by atoms with van der Waals surface area (Å²) < 4.78 is 2.11. The Labute approximate surface area is 155 Å². The molecule has 1 fully saturated rings. The Morgan fingerprint density at radius 2 is 1.50 bits per heavy atom. The Morgan fingerprint density at radius 3 is 2.08 bits per heavy atom. The maximum atomic E-state index is 13.2. The molecule has 1 saturated heterocycles. The first-order valence-electron chi connectivity index (χ1n) is 9.14. The van der Waals surface area contributed by atoms with Crippen LogP contribution in [0.3, 0.4) is 0 Å². The van der Waals surface area contributed by atoms with Crippen LogP contribution in [0.25, 0.3) is 0 Å². The van der Waals surface area contributed by atoms with Gasteiger partial charge in [-0.1, -0.05) is 29.8 Å². The summed E-state index contributed by atoms with van der Waals surface area (Å²) >= 11 is 0. The lowest BCUT2D eigenvalue weighted by molar-refractivity contribution is -0.130. The first kappa shape index (κ1) is 18.2. The van der Waals surface area contributed by atoms with Gasteiger partial charge in [-0.25, -0.2) is 0 Å². The summed E-state index contributed by atoms with van der Waals surface area (Å²) in [6.45, 7) is 10.8. The van der Waals surface area contributed by atoms with Gasteiger partial charge in [0.25, 0.3) is 5.91 Å². The normalized spacial score (nSPS) is 14.6.